The first kappa shape index (κ1) is 11.8. The van der Waals surface area contributed by atoms with Crippen LogP contribution in [0.15, 0.2) is 29.3 Å². The van der Waals surface area contributed by atoms with Gasteiger partial charge in [0.05, 0.1) is 13.2 Å². The summed E-state index contributed by atoms with van der Waals surface area (Å²) in [5.74, 6) is 1.98. The first-order chi connectivity index (χ1) is 8.19. The number of benzene rings is 1. The molecular formula is C13H19N3O. The molecule has 3 N–H and O–H groups in total. The van der Waals surface area contributed by atoms with E-state index in [2.05, 4.69) is 17.2 Å². The minimum atomic E-state index is 0.390. The van der Waals surface area contributed by atoms with Gasteiger partial charge in [0, 0.05) is 5.69 Å². The van der Waals surface area contributed by atoms with Gasteiger partial charge in [-0.2, -0.15) is 0 Å². The van der Waals surface area contributed by atoms with Crippen LogP contribution in [0.25, 0.3) is 0 Å². The summed E-state index contributed by atoms with van der Waals surface area (Å²) in [5.41, 5.74) is 6.79. The smallest absolute Gasteiger partial charge is 0.193 e. The highest BCUT2D eigenvalue weighted by molar-refractivity contribution is 5.92. The summed E-state index contributed by atoms with van der Waals surface area (Å²) in [4.78, 5) is 4.45. The van der Waals surface area contributed by atoms with Crippen LogP contribution in [0.1, 0.15) is 19.8 Å². The van der Waals surface area contributed by atoms with Crippen molar-refractivity contribution in [2.45, 2.75) is 25.8 Å². The van der Waals surface area contributed by atoms with E-state index < -0.39 is 0 Å². The lowest BCUT2D eigenvalue weighted by molar-refractivity contribution is 0.284. The van der Waals surface area contributed by atoms with Gasteiger partial charge in [-0.15, -0.1) is 0 Å². The van der Waals surface area contributed by atoms with Crippen LogP contribution in [-0.2, 0) is 0 Å². The van der Waals surface area contributed by atoms with E-state index in [-0.39, 0.29) is 0 Å². The fraction of sp³-hybridized carbons (Fsp3) is 0.462. The molecule has 4 heteroatoms. The van der Waals surface area contributed by atoms with Gasteiger partial charge in [-0.1, -0.05) is 6.92 Å². The zero-order valence-electron chi connectivity index (χ0n) is 10.3. The summed E-state index contributed by atoms with van der Waals surface area (Å²) in [5, 5.41) is 3.09. The minimum absolute atomic E-state index is 0.390. The van der Waals surface area contributed by atoms with Crippen LogP contribution in [0.3, 0.4) is 0 Å². The van der Waals surface area contributed by atoms with Crippen molar-refractivity contribution < 1.29 is 4.74 Å². The van der Waals surface area contributed by atoms with Gasteiger partial charge < -0.3 is 15.8 Å². The molecule has 2 rings (SSSR count). The largest absolute Gasteiger partial charge is 0.497 e. The van der Waals surface area contributed by atoms with Gasteiger partial charge in [0.15, 0.2) is 5.96 Å². The van der Waals surface area contributed by atoms with Crippen molar-refractivity contribution in [3.05, 3.63) is 24.3 Å². The Morgan fingerprint density at radius 3 is 2.53 bits per heavy atom. The maximum atomic E-state index is 5.86. The Kier molecular flexibility index (Phi) is 3.52. The number of aliphatic imine (C=N–C) groups is 1. The summed E-state index contributed by atoms with van der Waals surface area (Å²) in [6, 6.07) is 8.01. The molecule has 0 aromatic heterocycles. The average Bonchev–Trinajstić information content (AvgIpc) is 2.35. The molecule has 0 radical (unpaired) electrons. The van der Waals surface area contributed by atoms with E-state index in [0.29, 0.717) is 17.9 Å². The van der Waals surface area contributed by atoms with Crippen LogP contribution in [0.5, 0.6) is 5.75 Å². The third kappa shape index (κ3) is 2.90. The molecule has 0 amide bonds. The summed E-state index contributed by atoms with van der Waals surface area (Å²) in [7, 11) is 1.65. The molecule has 2 atom stereocenters. The van der Waals surface area contributed by atoms with Crippen molar-refractivity contribution in [3.8, 4) is 5.75 Å². The zero-order chi connectivity index (χ0) is 12.3. The van der Waals surface area contributed by atoms with Crippen molar-refractivity contribution in [3.63, 3.8) is 0 Å². The zero-order valence-corrected chi connectivity index (χ0v) is 10.3. The SMILES string of the molecule is COc1ccc(NC(N)=NC2CCC2C)cc1. The summed E-state index contributed by atoms with van der Waals surface area (Å²) < 4.78 is 5.09. The van der Waals surface area contributed by atoms with E-state index >= 15 is 0 Å². The molecule has 1 aliphatic carbocycles. The van der Waals surface area contributed by atoms with Crippen LogP contribution in [0.4, 0.5) is 5.69 Å². The minimum Gasteiger partial charge on any atom is -0.497 e. The third-order valence-electron chi connectivity index (χ3n) is 3.24. The Morgan fingerprint density at radius 2 is 2.06 bits per heavy atom. The van der Waals surface area contributed by atoms with Crippen LogP contribution in [0.2, 0.25) is 0 Å². The molecule has 0 saturated heterocycles. The maximum absolute atomic E-state index is 5.86. The molecule has 1 aromatic rings. The van der Waals surface area contributed by atoms with E-state index in [1.165, 1.54) is 6.42 Å². The standard InChI is InChI=1S/C13H19N3O/c1-9-3-8-12(9)16-13(14)15-10-4-6-11(17-2)7-5-10/h4-7,9,12H,3,8H2,1-2H3,(H3,14,15,16). The predicted octanol–water partition coefficient (Wildman–Crippen LogP) is 2.22. The highest BCUT2D eigenvalue weighted by atomic mass is 16.5. The number of rotatable bonds is 3. The molecule has 0 heterocycles. The Morgan fingerprint density at radius 1 is 1.35 bits per heavy atom. The van der Waals surface area contributed by atoms with Gasteiger partial charge in [-0.05, 0) is 43.0 Å². The monoisotopic (exact) mass is 233 g/mol. The Balaban J connectivity index is 1.95. The second-order valence-corrected chi connectivity index (χ2v) is 4.49. The summed E-state index contributed by atoms with van der Waals surface area (Å²) >= 11 is 0. The highest BCUT2D eigenvalue weighted by Crippen LogP contribution is 2.29. The molecule has 0 spiro atoms. The molecule has 0 aliphatic heterocycles. The van der Waals surface area contributed by atoms with E-state index in [4.69, 9.17) is 10.5 Å². The first-order valence-corrected chi connectivity index (χ1v) is 5.93. The molecular weight excluding hydrogens is 214 g/mol. The highest BCUT2D eigenvalue weighted by Gasteiger charge is 2.26. The summed E-state index contributed by atoms with van der Waals surface area (Å²) in [6.45, 7) is 2.21. The molecule has 1 aromatic carbocycles. The van der Waals surface area contributed by atoms with Crippen LogP contribution in [0, 0.1) is 5.92 Å². The number of hydrogen-bond acceptors (Lipinski definition) is 2. The van der Waals surface area contributed by atoms with Gasteiger partial charge in [-0.3, -0.25) is 0 Å². The van der Waals surface area contributed by atoms with Gasteiger partial charge >= 0.3 is 0 Å². The second kappa shape index (κ2) is 5.08. The lowest BCUT2D eigenvalue weighted by atomic mass is 9.82. The first-order valence-electron chi connectivity index (χ1n) is 5.93. The lowest BCUT2D eigenvalue weighted by Crippen LogP contribution is -2.32. The molecule has 4 nitrogen and oxygen atoms in total. The molecule has 92 valence electrons. The van der Waals surface area contributed by atoms with E-state index in [0.717, 1.165) is 17.9 Å². The van der Waals surface area contributed by atoms with E-state index in [1.807, 2.05) is 24.3 Å². The van der Waals surface area contributed by atoms with Crippen LogP contribution >= 0.6 is 0 Å². The van der Waals surface area contributed by atoms with Gasteiger partial charge in [0.1, 0.15) is 5.75 Å². The molecule has 1 fully saturated rings. The molecule has 0 bridgehead atoms. The van der Waals surface area contributed by atoms with Crippen molar-refractivity contribution in [1.29, 1.82) is 0 Å². The predicted molar refractivity (Wildman–Crippen MR) is 70.4 cm³/mol. The second-order valence-electron chi connectivity index (χ2n) is 4.49. The number of guanidine groups is 1. The average molecular weight is 233 g/mol. The van der Waals surface area contributed by atoms with Crippen LogP contribution < -0.4 is 15.8 Å². The van der Waals surface area contributed by atoms with Gasteiger partial charge in [-0.25, -0.2) is 4.99 Å². The summed E-state index contributed by atoms with van der Waals surface area (Å²) in [6.07, 6.45) is 2.40. The van der Waals surface area contributed by atoms with Gasteiger partial charge in [0.2, 0.25) is 0 Å². The van der Waals surface area contributed by atoms with E-state index in [1.54, 1.807) is 7.11 Å². The Bertz CT molecular complexity index is 400. The number of nitrogens with zero attached hydrogens (tertiary/aromatic N) is 1. The quantitative estimate of drug-likeness (QED) is 0.621. The van der Waals surface area contributed by atoms with Gasteiger partial charge in [0.25, 0.3) is 0 Å². The van der Waals surface area contributed by atoms with E-state index in [9.17, 15) is 0 Å². The Labute approximate surface area is 102 Å². The normalized spacial score (nSPS) is 24.0. The Hall–Kier alpha value is -1.71. The van der Waals surface area contributed by atoms with Crippen molar-refractivity contribution in [2.75, 3.05) is 12.4 Å². The third-order valence-corrected chi connectivity index (χ3v) is 3.24. The van der Waals surface area contributed by atoms with Crippen molar-refractivity contribution >= 4 is 11.6 Å². The lowest BCUT2D eigenvalue weighted by Gasteiger charge is -2.30. The van der Waals surface area contributed by atoms with Crippen LogP contribution in [-0.4, -0.2) is 19.1 Å². The number of nitrogens with one attached hydrogen (secondary N) is 1. The molecule has 2 unspecified atom stereocenters. The number of nitrogens with two attached hydrogens (primary N) is 1. The number of ether oxygens (including phenoxy) is 1. The topological polar surface area (TPSA) is 59.6 Å². The number of methoxy groups -OCH3 is 1. The fourth-order valence-corrected chi connectivity index (χ4v) is 1.87. The van der Waals surface area contributed by atoms with Crippen molar-refractivity contribution in [2.24, 2.45) is 16.6 Å². The van der Waals surface area contributed by atoms with Crippen molar-refractivity contribution in [1.82, 2.24) is 0 Å². The number of anilines is 1. The number of hydrogen-bond donors (Lipinski definition) is 2. The fourth-order valence-electron chi connectivity index (χ4n) is 1.87. The molecule has 1 aliphatic rings. The molecule has 17 heavy (non-hydrogen) atoms. The maximum Gasteiger partial charge on any atom is 0.193 e. The molecule has 1 saturated carbocycles.